The van der Waals surface area contributed by atoms with Crippen molar-refractivity contribution >= 4 is 24.0 Å². The molecular formula is C25H29NO6S. The second-order valence-electron chi connectivity index (χ2n) is 8.58. The maximum atomic E-state index is 13.6. The number of ether oxygens (including phenoxy) is 3. The molecule has 2 saturated heterocycles. The summed E-state index contributed by atoms with van der Waals surface area (Å²) in [6.07, 6.45) is 0.920. The molecular weight excluding hydrogens is 442 g/mol. The quantitative estimate of drug-likeness (QED) is 0.610. The Morgan fingerprint density at radius 3 is 2.85 bits per heavy atom. The van der Waals surface area contributed by atoms with E-state index >= 15 is 0 Å². The molecule has 1 amide bonds. The van der Waals surface area contributed by atoms with Crippen LogP contribution in [0, 0.1) is 0 Å². The minimum atomic E-state index is -0.672. The fourth-order valence-electron chi connectivity index (χ4n) is 4.21. The fraction of sp³-hybridized carbons (Fsp3) is 0.440. The van der Waals surface area contributed by atoms with Gasteiger partial charge in [0.1, 0.15) is 17.6 Å². The van der Waals surface area contributed by atoms with E-state index in [2.05, 4.69) is 0 Å². The van der Waals surface area contributed by atoms with E-state index in [1.807, 2.05) is 54.8 Å². The summed E-state index contributed by atoms with van der Waals surface area (Å²) in [5.41, 5.74) is 1.62. The molecule has 0 aromatic heterocycles. The van der Waals surface area contributed by atoms with Gasteiger partial charge in [0.15, 0.2) is 12.1 Å². The molecule has 8 heteroatoms. The van der Waals surface area contributed by atoms with Crippen molar-refractivity contribution < 1.29 is 28.9 Å². The largest absolute Gasteiger partial charge is 0.507 e. The summed E-state index contributed by atoms with van der Waals surface area (Å²) in [4.78, 5) is 26.8. The van der Waals surface area contributed by atoms with Crippen molar-refractivity contribution in [1.29, 1.82) is 0 Å². The van der Waals surface area contributed by atoms with E-state index in [0.717, 1.165) is 17.1 Å². The van der Waals surface area contributed by atoms with Crippen LogP contribution in [0.2, 0.25) is 0 Å². The number of carbonyl (C=O) groups is 2. The van der Waals surface area contributed by atoms with Crippen molar-refractivity contribution in [3.05, 3.63) is 59.2 Å². The minimum Gasteiger partial charge on any atom is -0.507 e. The van der Waals surface area contributed by atoms with Gasteiger partial charge < -0.3 is 24.2 Å². The lowest BCUT2D eigenvalue weighted by atomic mass is 10.0. The minimum absolute atomic E-state index is 0.00140. The Kier molecular flexibility index (Phi) is 7.26. The van der Waals surface area contributed by atoms with Crippen LogP contribution in [0.3, 0.4) is 0 Å². The van der Waals surface area contributed by atoms with Gasteiger partial charge in [-0.15, -0.1) is 0 Å². The fourth-order valence-corrected chi connectivity index (χ4v) is 5.32. The summed E-state index contributed by atoms with van der Waals surface area (Å²) in [6, 6.07) is 12.3. The van der Waals surface area contributed by atoms with E-state index in [9.17, 15) is 14.7 Å². The third-order valence-electron chi connectivity index (χ3n) is 5.90. The first-order valence-corrected chi connectivity index (χ1v) is 12.2. The number of phenols is 1. The Morgan fingerprint density at radius 1 is 1.27 bits per heavy atom. The summed E-state index contributed by atoms with van der Waals surface area (Å²) in [7, 11) is 0. The molecule has 2 atom stereocenters. The number of carbonyl (C=O) groups excluding carboxylic acids is 2. The van der Waals surface area contributed by atoms with E-state index in [1.165, 1.54) is 6.07 Å². The molecule has 0 spiro atoms. The molecule has 2 heterocycles. The van der Waals surface area contributed by atoms with Crippen LogP contribution < -0.4 is 4.74 Å². The average molecular weight is 472 g/mol. The lowest BCUT2D eigenvalue weighted by Crippen LogP contribution is -2.47. The Hall–Kier alpha value is -2.55. The Bertz CT molecular complexity index is 1010. The van der Waals surface area contributed by atoms with Crippen LogP contribution in [-0.4, -0.2) is 65.3 Å². The van der Waals surface area contributed by atoms with Gasteiger partial charge in [-0.1, -0.05) is 24.3 Å². The summed E-state index contributed by atoms with van der Waals surface area (Å²) >= 11 is 1.81. The topological polar surface area (TPSA) is 85.3 Å². The Morgan fingerprint density at radius 2 is 2.09 bits per heavy atom. The van der Waals surface area contributed by atoms with E-state index in [0.29, 0.717) is 43.8 Å². The molecule has 0 bridgehead atoms. The lowest BCUT2D eigenvalue weighted by Gasteiger charge is -2.36. The zero-order valence-corrected chi connectivity index (χ0v) is 19.7. The number of aromatic hydroxyl groups is 1. The van der Waals surface area contributed by atoms with Crippen molar-refractivity contribution in [2.45, 2.75) is 38.2 Å². The average Bonchev–Trinajstić information content (AvgIpc) is 3.18. The number of hydrogen-bond acceptors (Lipinski definition) is 7. The molecule has 2 fully saturated rings. The van der Waals surface area contributed by atoms with Crippen LogP contribution in [0.1, 0.15) is 52.7 Å². The van der Waals surface area contributed by atoms with E-state index < -0.39 is 5.79 Å². The molecule has 2 aromatic rings. The van der Waals surface area contributed by atoms with Crippen molar-refractivity contribution in [3.8, 4) is 11.5 Å². The number of aldehydes is 1. The number of thioether (sulfide) groups is 1. The van der Waals surface area contributed by atoms with Gasteiger partial charge in [0.25, 0.3) is 5.91 Å². The van der Waals surface area contributed by atoms with Crippen LogP contribution in [0.5, 0.6) is 11.5 Å². The smallest absolute Gasteiger partial charge is 0.254 e. The number of rotatable bonds is 7. The van der Waals surface area contributed by atoms with Gasteiger partial charge in [-0.3, -0.25) is 9.59 Å². The molecule has 2 aliphatic heterocycles. The van der Waals surface area contributed by atoms with Gasteiger partial charge in [0.05, 0.1) is 18.8 Å². The molecule has 2 aromatic carbocycles. The molecule has 4 rings (SSSR count). The monoisotopic (exact) mass is 471 g/mol. The number of amides is 1. The van der Waals surface area contributed by atoms with Crippen molar-refractivity contribution in [2.75, 3.05) is 31.3 Å². The second-order valence-corrected chi connectivity index (χ2v) is 9.73. The SMILES string of the molecule is CC1(C)OC[C@@H](c2ccccc2C(=O)N2CCSC[C@H]2CCOc2cccc(O)c2C=O)O1. The van der Waals surface area contributed by atoms with Crippen LogP contribution >= 0.6 is 11.8 Å². The predicted molar refractivity (Wildman–Crippen MR) is 126 cm³/mol. The summed E-state index contributed by atoms with van der Waals surface area (Å²) < 4.78 is 17.5. The standard InChI is InChI=1S/C25H29NO6S/c1-25(2)31-15-23(32-25)18-6-3-4-7-19(18)24(29)26-11-13-33-16-17(26)10-12-30-22-9-5-8-21(28)20(22)14-27/h3-9,14,17,23,28H,10-13,15-16H2,1-2H3/t17-,23+/m1/s1. The Balaban J connectivity index is 1.46. The van der Waals surface area contributed by atoms with Crippen LogP contribution in [-0.2, 0) is 9.47 Å². The van der Waals surface area contributed by atoms with E-state index in [-0.39, 0.29) is 29.4 Å². The van der Waals surface area contributed by atoms with Crippen molar-refractivity contribution in [2.24, 2.45) is 0 Å². The molecule has 33 heavy (non-hydrogen) atoms. The molecule has 7 nitrogen and oxygen atoms in total. The maximum absolute atomic E-state index is 13.6. The van der Waals surface area contributed by atoms with Gasteiger partial charge >= 0.3 is 0 Å². The van der Waals surface area contributed by atoms with E-state index in [1.54, 1.807) is 12.1 Å². The van der Waals surface area contributed by atoms with Gasteiger partial charge in [-0.05, 0) is 37.6 Å². The summed E-state index contributed by atoms with van der Waals surface area (Å²) in [5.74, 6) is 1.24. The molecule has 1 N–H and O–H groups in total. The molecule has 0 unspecified atom stereocenters. The third kappa shape index (κ3) is 5.34. The molecule has 2 aliphatic rings. The van der Waals surface area contributed by atoms with Gasteiger partial charge in [0, 0.05) is 36.1 Å². The highest BCUT2D eigenvalue weighted by Crippen LogP contribution is 2.35. The molecule has 0 aliphatic carbocycles. The molecule has 0 saturated carbocycles. The highest BCUT2D eigenvalue weighted by Gasteiger charge is 2.37. The number of phenolic OH excluding ortho intramolecular Hbond substituents is 1. The normalized spacial score (nSPS) is 22.2. The lowest BCUT2D eigenvalue weighted by molar-refractivity contribution is -0.139. The molecule has 176 valence electrons. The van der Waals surface area contributed by atoms with Gasteiger partial charge in [-0.25, -0.2) is 0 Å². The highest BCUT2D eigenvalue weighted by atomic mass is 32.2. The van der Waals surface area contributed by atoms with E-state index in [4.69, 9.17) is 14.2 Å². The third-order valence-corrected chi connectivity index (χ3v) is 7.00. The first-order valence-electron chi connectivity index (χ1n) is 11.1. The zero-order chi connectivity index (χ0) is 23.4. The van der Waals surface area contributed by atoms with Crippen LogP contribution in [0.4, 0.5) is 0 Å². The van der Waals surface area contributed by atoms with Crippen molar-refractivity contribution in [3.63, 3.8) is 0 Å². The van der Waals surface area contributed by atoms with Gasteiger partial charge in [-0.2, -0.15) is 11.8 Å². The maximum Gasteiger partial charge on any atom is 0.254 e. The molecule has 0 radical (unpaired) electrons. The number of benzene rings is 2. The first kappa shape index (κ1) is 23.6. The second kappa shape index (κ2) is 10.2. The summed E-state index contributed by atoms with van der Waals surface area (Å²) in [6.45, 7) is 5.14. The zero-order valence-electron chi connectivity index (χ0n) is 18.9. The van der Waals surface area contributed by atoms with Crippen molar-refractivity contribution in [1.82, 2.24) is 4.90 Å². The number of nitrogens with zero attached hydrogens (tertiary/aromatic N) is 1. The first-order chi connectivity index (χ1) is 15.9. The highest BCUT2D eigenvalue weighted by molar-refractivity contribution is 7.99. The Labute approximate surface area is 198 Å². The number of hydrogen-bond donors (Lipinski definition) is 1. The summed E-state index contributed by atoms with van der Waals surface area (Å²) in [5, 5.41) is 9.84. The van der Waals surface area contributed by atoms with Crippen LogP contribution in [0.25, 0.3) is 0 Å². The predicted octanol–water partition coefficient (Wildman–Crippen LogP) is 4.06. The van der Waals surface area contributed by atoms with Gasteiger partial charge in [0.2, 0.25) is 0 Å². The van der Waals surface area contributed by atoms with Crippen LogP contribution in [0.15, 0.2) is 42.5 Å².